The van der Waals surface area contributed by atoms with Gasteiger partial charge >= 0.3 is 0 Å². The molecule has 26 heavy (non-hydrogen) atoms. The van der Waals surface area contributed by atoms with Crippen molar-refractivity contribution in [2.75, 3.05) is 26.3 Å². The molecule has 2 aromatic heterocycles. The molecule has 0 spiro atoms. The first-order valence-electron chi connectivity index (χ1n) is 8.90. The second-order valence-corrected chi connectivity index (χ2v) is 8.93. The van der Waals surface area contributed by atoms with Gasteiger partial charge in [0.15, 0.2) is 10.9 Å². The summed E-state index contributed by atoms with van der Waals surface area (Å²) in [5, 5.41) is 4.06. The average molecular weight is 381 g/mol. The lowest BCUT2D eigenvalue weighted by molar-refractivity contribution is 0.125. The van der Waals surface area contributed by atoms with Crippen molar-refractivity contribution in [1.82, 2.24) is 24.0 Å². The predicted octanol–water partition coefficient (Wildman–Crippen LogP) is 0.950. The maximum atomic E-state index is 12.6. The van der Waals surface area contributed by atoms with Crippen LogP contribution >= 0.6 is 0 Å². The third kappa shape index (κ3) is 3.81. The van der Waals surface area contributed by atoms with Crippen LogP contribution in [0.4, 0.5) is 0 Å². The highest BCUT2D eigenvalue weighted by molar-refractivity contribution is 7.89. The van der Waals surface area contributed by atoms with Crippen LogP contribution < -0.4 is 0 Å². The predicted molar refractivity (Wildman–Crippen MR) is 90.9 cm³/mol. The smallest absolute Gasteiger partial charge is 0.262 e. The van der Waals surface area contributed by atoms with Crippen LogP contribution in [0.1, 0.15) is 36.9 Å². The Morgan fingerprint density at radius 2 is 2.19 bits per heavy atom. The summed E-state index contributed by atoms with van der Waals surface area (Å²) in [6.07, 6.45) is 6.80. The van der Waals surface area contributed by atoms with Crippen molar-refractivity contribution >= 4 is 10.0 Å². The number of hydrogen-bond donors (Lipinski definition) is 0. The van der Waals surface area contributed by atoms with Crippen LogP contribution in [0.25, 0.3) is 0 Å². The minimum atomic E-state index is -3.58. The third-order valence-electron chi connectivity index (χ3n) is 4.79. The fourth-order valence-corrected chi connectivity index (χ4v) is 4.50. The monoisotopic (exact) mass is 381 g/mol. The molecule has 1 unspecified atom stereocenters. The fraction of sp³-hybridized carbons (Fsp3) is 0.688. The number of imidazole rings is 1. The molecule has 2 aliphatic rings. The molecule has 0 N–H and O–H groups in total. The summed E-state index contributed by atoms with van der Waals surface area (Å²) < 4.78 is 39.3. The summed E-state index contributed by atoms with van der Waals surface area (Å²) >= 11 is 0. The van der Waals surface area contributed by atoms with Crippen LogP contribution in [0.15, 0.2) is 22.1 Å². The van der Waals surface area contributed by atoms with Crippen molar-refractivity contribution in [3.63, 3.8) is 0 Å². The largest absolute Gasteiger partial charge is 0.381 e. The highest BCUT2D eigenvalue weighted by Gasteiger charge is 2.36. The first-order chi connectivity index (χ1) is 12.5. The van der Waals surface area contributed by atoms with Crippen LogP contribution in [-0.2, 0) is 28.2 Å². The normalized spacial score (nSPS) is 21.5. The second-order valence-electron chi connectivity index (χ2n) is 7.04. The molecule has 1 aliphatic heterocycles. The summed E-state index contributed by atoms with van der Waals surface area (Å²) in [5.41, 5.74) is 0. The van der Waals surface area contributed by atoms with Gasteiger partial charge in [-0.15, -0.1) is 0 Å². The highest BCUT2D eigenvalue weighted by Crippen LogP contribution is 2.30. The molecule has 0 amide bonds. The van der Waals surface area contributed by atoms with Gasteiger partial charge in [-0.2, -0.15) is 9.29 Å². The summed E-state index contributed by atoms with van der Waals surface area (Å²) in [5.74, 6) is 1.77. The Balaban J connectivity index is 1.33. The van der Waals surface area contributed by atoms with E-state index in [0.29, 0.717) is 44.3 Å². The van der Waals surface area contributed by atoms with E-state index in [4.69, 9.17) is 9.26 Å². The molecule has 0 aromatic carbocycles. The van der Waals surface area contributed by atoms with Gasteiger partial charge in [0.25, 0.3) is 10.0 Å². The standard InChI is InChI=1S/C16H23N5O4S/c1-20-9-15(17-11-20)26(22,23)21-6-4-13(8-21)16-18-14(19-25-16)5-7-24-10-12-2-3-12/h9,11-13H,2-8,10H2,1H3. The molecule has 4 rings (SSSR count). The van der Waals surface area contributed by atoms with Crippen molar-refractivity contribution in [2.45, 2.75) is 36.6 Å². The number of aryl methyl sites for hydroxylation is 1. The van der Waals surface area contributed by atoms with Gasteiger partial charge in [-0.1, -0.05) is 5.16 Å². The Morgan fingerprint density at radius 1 is 1.35 bits per heavy atom. The van der Waals surface area contributed by atoms with Crippen molar-refractivity contribution in [3.05, 3.63) is 24.2 Å². The topological polar surface area (TPSA) is 103 Å². The number of rotatable bonds is 8. The summed E-state index contributed by atoms with van der Waals surface area (Å²) in [6.45, 7) is 2.15. The van der Waals surface area contributed by atoms with Crippen LogP contribution in [-0.4, -0.2) is 58.7 Å². The molecule has 2 fully saturated rings. The first kappa shape index (κ1) is 17.6. The zero-order valence-electron chi connectivity index (χ0n) is 14.7. The molecule has 1 aliphatic carbocycles. The summed E-state index contributed by atoms with van der Waals surface area (Å²) in [7, 11) is -1.84. The Morgan fingerprint density at radius 3 is 2.92 bits per heavy atom. The van der Waals surface area contributed by atoms with Gasteiger partial charge in [-0.3, -0.25) is 0 Å². The van der Waals surface area contributed by atoms with Crippen molar-refractivity contribution in [2.24, 2.45) is 13.0 Å². The molecule has 10 heteroatoms. The second kappa shape index (κ2) is 7.09. The Hall–Kier alpha value is -1.78. The lowest BCUT2D eigenvalue weighted by Gasteiger charge is -2.13. The number of nitrogens with zero attached hydrogens (tertiary/aromatic N) is 5. The van der Waals surface area contributed by atoms with E-state index < -0.39 is 10.0 Å². The lowest BCUT2D eigenvalue weighted by Crippen LogP contribution is -2.29. The van der Waals surface area contributed by atoms with Crippen molar-refractivity contribution in [3.8, 4) is 0 Å². The Labute approximate surface area is 152 Å². The van der Waals surface area contributed by atoms with Crippen LogP contribution in [0, 0.1) is 5.92 Å². The first-order valence-corrected chi connectivity index (χ1v) is 10.3. The average Bonchev–Trinajstić information content (AvgIpc) is 3.04. The number of aromatic nitrogens is 4. The maximum absolute atomic E-state index is 12.6. The molecular formula is C16H23N5O4S. The van der Waals surface area contributed by atoms with Gasteiger partial charge in [0, 0.05) is 39.4 Å². The van der Waals surface area contributed by atoms with Crippen LogP contribution in [0.2, 0.25) is 0 Å². The Bertz CT molecular complexity index is 858. The molecule has 142 valence electrons. The summed E-state index contributed by atoms with van der Waals surface area (Å²) in [6, 6.07) is 0. The molecule has 2 aromatic rings. The fourth-order valence-electron chi connectivity index (χ4n) is 3.04. The summed E-state index contributed by atoms with van der Waals surface area (Å²) in [4.78, 5) is 8.38. The van der Waals surface area contributed by atoms with Gasteiger partial charge in [-0.05, 0) is 25.2 Å². The van der Waals surface area contributed by atoms with Crippen LogP contribution in [0.5, 0.6) is 0 Å². The zero-order chi connectivity index (χ0) is 18.1. The van der Waals surface area contributed by atoms with Gasteiger partial charge in [0.2, 0.25) is 5.89 Å². The molecule has 0 radical (unpaired) electrons. The van der Waals surface area contributed by atoms with Crippen molar-refractivity contribution < 1.29 is 17.7 Å². The molecule has 0 bridgehead atoms. The Kier molecular flexibility index (Phi) is 4.80. The molecule has 9 nitrogen and oxygen atoms in total. The van der Waals surface area contributed by atoms with E-state index in [1.807, 2.05) is 0 Å². The minimum Gasteiger partial charge on any atom is -0.381 e. The van der Waals surface area contributed by atoms with E-state index in [9.17, 15) is 8.42 Å². The number of ether oxygens (including phenoxy) is 1. The van der Waals surface area contributed by atoms with Gasteiger partial charge in [0.1, 0.15) is 0 Å². The SMILES string of the molecule is Cn1cnc(S(=O)(=O)N2CCC(c3nc(CCOCC4CC4)no3)C2)c1. The van der Waals surface area contributed by atoms with Gasteiger partial charge in [-0.25, -0.2) is 13.4 Å². The van der Waals surface area contributed by atoms with Gasteiger partial charge in [0.05, 0.1) is 18.9 Å². The van der Waals surface area contributed by atoms with E-state index in [2.05, 4.69) is 15.1 Å². The number of hydrogen-bond acceptors (Lipinski definition) is 7. The molecule has 3 heterocycles. The van der Waals surface area contributed by atoms with E-state index in [1.54, 1.807) is 11.6 Å². The maximum Gasteiger partial charge on any atom is 0.262 e. The van der Waals surface area contributed by atoms with E-state index in [-0.39, 0.29) is 10.9 Å². The molecular weight excluding hydrogens is 358 g/mol. The van der Waals surface area contributed by atoms with Gasteiger partial charge < -0.3 is 13.8 Å². The number of sulfonamides is 1. The molecule has 1 saturated carbocycles. The highest BCUT2D eigenvalue weighted by atomic mass is 32.2. The quantitative estimate of drug-likeness (QED) is 0.627. The molecule has 1 atom stereocenters. The molecule has 1 saturated heterocycles. The van der Waals surface area contributed by atoms with E-state index in [1.165, 1.54) is 29.7 Å². The lowest BCUT2D eigenvalue weighted by atomic mass is 10.1. The van der Waals surface area contributed by atoms with E-state index >= 15 is 0 Å². The van der Waals surface area contributed by atoms with E-state index in [0.717, 1.165) is 12.5 Å². The van der Waals surface area contributed by atoms with Crippen molar-refractivity contribution in [1.29, 1.82) is 0 Å². The third-order valence-corrected chi connectivity index (χ3v) is 6.54. The zero-order valence-corrected chi connectivity index (χ0v) is 15.6. The van der Waals surface area contributed by atoms with Crippen LogP contribution in [0.3, 0.4) is 0 Å². The minimum absolute atomic E-state index is 0.0691.